The Morgan fingerprint density at radius 3 is 2.48 bits per heavy atom. The van der Waals surface area contributed by atoms with Crippen LogP contribution in [-0.2, 0) is 24.4 Å². The summed E-state index contributed by atoms with van der Waals surface area (Å²) in [4.78, 5) is 34.6. The zero-order valence-corrected chi connectivity index (χ0v) is 26.4. The summed E-state index contributed by atoms with van der Waals surface area (Å²) < 4.78 is 5.18. The molecule has 0 unspecified atom stereocenters. The van der Waals surface area contributed by atoms with Gasteiger partial charge in [-0.05, 0) is 108 Å². The van der Waals surface area contributed by atoms with Crippen molar-refractivity contribution < 1.29 is 14.7 Å². The fraction of sp³-hybridized carbons (Fsp3) is 0.314. The molecular formula is C35H34BrN5O3. The lowest BCUT2D eigenvalue weighted by atomic mass is 9.75. The van der Waals surface area contributed by atoms with Crippen LogP contribution in [0.5, 0.6) is 0 Å². The van der Waals surface area contributed by atoms with E-state index in [1.165, 1.54) is 36.6 Å². The van der Waals surface area contributed by atoms with Gasteiger partial charge < -0.3 is 19.6 Å². The topological polar surface area (TPSA) is 102 Å². The highest BCUT2D eigenvalue weighted by Crippen LogP contribution is 2.45. The normalized spacial score (nSPS) is 16.6. The molecule has 2 N–H and O–H groups in total. The van der Waals surface area contributed by atoms with Crippen LogP contribution < -0.4 is 5.32 Å². The minimum absolute atomic E-state index is 0.115. The Hall–Kier alpha value is -4.24. The lowest BCUT2D eigenvalue weighted by molar-refractivity contribution is -0.131. The van der Waals surface area contributed by atoms with Crippen molar-refractivity contribution in [3.8, 4) is 11.4 Å². The van der Waals surface area contributed by atoms with E-state index in [9.17, 15) is 9.59 Å². The van der Waals surface area contributed by atoms with E-state index < -0.39 is 11.5 Å². The third kappa shape index (κ3) is 4.83. The van der Waals surface area contributed by atoms with Gasteiger partial charge in [0, 0.05) is 47.3 Å². The van der Waals surface area contributed by atoms with Crippen LogP contribution in [0.3, 0.4) is 0 Å². The van der Waals surface area contributed by atoms with E-state index in [4.69, 9.17) is 15.1 Å². The fourth-order valence-electron chi connectivity index (χ4n) is 7.19. The minimum Gasteiger partial charge on any atom is -0.478 e. The lowest BCUT2D eigenvalue weighted by Crippen LogP contribution is -2.52. The van der Waals surface area contributed by atoms with E-state index in [1.807, 2.05) is 54.2 Å². The SMILES string of the molecule is Cn1c(C2(NC(=O)c3ccc4c(C5CCCC5)c(-c5ccc(Br)cn5)n(C)c4c3)CCC2)nc2ccc(/C=C/C(=O)O)cc21. The summed E-state index contributed by atoms with van der Waals surface area (Å²) in [6, 6.07) is 15.9. The molecule has 2 aromatic carbocycles. The van der Waals surface area contributed by atoms with Crippen molar-refractivity contribution in [2.24, 2.45) is 14.1 Å². The molecule has 7 rings (SSSR count). The number of imidazole rings is 1. The maximum atomic E-state index is 13.9. The van der Waals surface area contributed by atoms with Crippen molar-refractivity contribution in [2.45, 2.75) is 56.4 Å². The Labute approximate surface area is 263 Å². The van der Waals surface area contributed by atoms with Gasteiger partial charge in [-0.15, -0.1) is 0 Å². The average Bonchev–Trinajstić information content (AvgIpc) is 3.71. The van der Waals surface area contributed by atoms with E-state index in [-0.39, 0.29) is 5.91 Å². The number of carboxylic acids is 1. The first-order valence-electron chi connectivity index (χ1n) is 15.2. The monoisotopic (exact) mass is 651 g/mol. The van der Waals surface area contributed by atoms with Crippen molar-refractivity contribution in [3.05, 3.63) is 87.8 Å². The van der Waals surface area contributed by atoms with Crippen LogP contribution in [0.15, 0.2) is 65.3 Å². The van der Waals surface area contributed by atoms with Crippen LogP contribution in [0.4, 0.5) is 0 Å². The number of carbonyl (C=O) groups excluding carboxylic acids is 1. The van der Waals surface area contributed by atoms with Gasteiger partial charge in [-0.3, -0.25) is 9.78 Å². The highest BCUT2D eigenvalue weighted by molar-refractivity contribution is 9.10. The molecule has 2 aliphatic carbocycles. The van der Waals surface area contributed by atoms with Crippen molar-refractivity contribution in [2.75, 3.05) is 0 Å². The number of aryl methyl sites for hydroxylation is 2. The summed E-state index contributed by atoms with van der Waals surface area (Å²) in [5.74, 6) is 0.195. The highest BCUT2D eigenvalue weighted by Gasteiger charge is 2.44. The van der Waals surface area contributed by atoms with Crippen LogP contribution >= 0.6 is 15.9 Å². The summed E-state index contributed by atoms with van der Waals surface area (Å²) in [5, 5.41) is 13.6. The number of pyridine rings is 1. The Balaban J connectivity index is 1.24. The Bertz CT molecular complexity index is 1960. The quantitative estimate of drug-likeness (QED) is 0.178. The molecule has 0 bridgehead atoms. The molecule has 0 atom stereocenters. The van der Waals surface area contributed by atoms with Gasteiger partial charge in [0.05, 0.1) is 28.0 Å². The zero-order chi connectivity index (χ0) is 30.6. The number of benzene rings is 2. The number of carbonyl (C=O) groups is 2. The number of fused-ring (bicyclic) bond motifs is 2. The second-order valence-electron chi connectivity index (χ2n) is 12.2. The molecule has 3 heterocycles. The number of carboxylic acid groups (broad SMARTS) is 1. The number of rotatable bonds is 7. The largest absolute Gasteiger partial charge is 0.478 e. The number of amides is 1. The average molecular weight is 653 g/mol. The first-order valence-corrected chi connectivity index (χ1v) is 16.0. The highest BCUT2D eigenvalue weighted by atomic mass is 79.9. The number of nitrogens with one attached hydrogen (secondary N) is 1. The first kappa shape index (κ1) is 28.5. The van der Waals surface area contributed by atoms with Gasteiger partial charge >= 0.3 is 5.97 Å². The predicted molar refractivity (Wildman–Crippen MR) is 175 cm³/mol. The summed E-state index contributed by atoms with van der Waals surface area (Å²) >= 11 is 3.52. The van der Waals surface area contributed by atoms with Crippen LogP contribution in [0, 0.1) is 0 Å². The van der Waals surface area contributed by atoms with Gasteiger partial charge in [0.15, 0.2) is 0 Å². The Morgan fingerprint density at radius 2 is 1.80 bits per heavy atom. The standard InChI is InChI=1S/C35H34BrN5O3/c1-40-28-19-23(10-12-25(28)31(22-6-3-4-7-22)32(40)27-14-11-24(36)20-37-27)33(44)39-35(16-5-17-35)34-38-26-13-8-21(9-15-30(42)43)18-29(26)41(34)2/h8-15,18-20,22H,3-7,16-17H2,1-2H3,(H,39,44)(H,42,43)/b15-9+. The summed E-state index contributed by atoms with van der Waals surface area (Å²) in [6.07, 6.45) is 12.0. The number of aromatic nitrogens is 4. The summed E-state index contributed by atoms with van der Waals surface area (Å²) in [7, 11) is 4.04. The van der Waals surface area contributed by atoms with Gasteiger partial charge in [0.2, 0.25) is 0 Å². The van der Waals surface area contributed by atoms with Crippen molar-refractivity contribution in [1.29, 1.82) is 0 Å². The zero-order valence-electron chi connectivity index (χ0n) is 24.8. The molecule has 1 amide bonds. The fourth-order valence-corrected chi connectivity index (χ4v) is 7.43. The molecule has 2 fully saturated rings. The molecule has 0 radical (unpaired) electrons. The molecule has 8 nitrogen and oxygen atoms in total. The number of aliphatic carboxylic acids is 1. The smallest absolute Gasteiger partial charge is 0.328 e. The van der Waals surface area contributed by atoms with Crippen LogP contribution in [0.1, 0.15) is 78.2 Å². The van der Waals surface area contributed by atoms with E-state index in [1.54, 1.807) is 6.08 Å². The summed E-state index contributed by atoms with van der Waals surface area (Å²) in [5.41, 5.74) is 7.00. The molecule has 9 heteroatoms. The van der Waals surface area contributed by atoms with Gasteiger partial charge in [0.1, 0.15) is 5.82 Å². The molecule has 2 saturated carbocycles. The van der Waals surface area contributed by atoms with Crippen LogP contribution in [0.2, 0.25) is 0 Å². The van der Waals surface area contributed by atoms with Crippen molar-refractivity contribution >= 4 is 55.8 Å². The molecule has 3 aromatic heterocycles. The number of hydrogen-bond acceptors (Lipinski definition) is 4. The third-order valence-corrected chi connectivity index (χ3v) is 10.0. The molecule has 0 aliphatic heterocycles. The number of nitrogens with zero attached hydrogens (tertiary/aromatic N) is 4. The molecule has 0 spiro atoms. The Kier molecular flexibility index (Phi) is 7.16. The second-order valence-corrected chi connectivity index (χ2v) is 13.1. The van der Waals surface area contributed by atoms with Crippen LogP contribution in [0.25, 0.3) is 39.4 Å². The van der Waals surface area contributed by atoms with Crippen LogP contribution in [-0.4, -0.2) is 36.1 Å². The maximum absolute atomic E-state index is 13.9. The summed E-state index contributed by atoms with van der Waals surface area (Å²) in [6.45, 7) is 0. The molecular weight excluding hydrogens is 618 g/mol. The molecule has 0 saturated heterocycles. The maximum Gasteiger partial charge on any atom is 0.328 e. The van der Waals surface area contributed by atoms with E-state index in [0.717, 1.165) is 69.1 Å². The number of hydrogen-bond donors (Lipinski definition) is 2. The van der Waals surface area contributed by atoms with E-state index in [2.05, 4.69) is 45.0 Å². The predicted octanol–water partition coefficient (Wildman–Crippen LogP) is 7.45. The van der Waals surface area contributed by atoms with E-state index >= 15 is 0 Å². The lowest BCUT2D eigenvalue weighted by Gasteiger charge is -2.41. The van der Waals surface area contributed by atoms with Gasteiger partial charge in [-0.2, -0.15) is 0 Å². The van der Waals surface area contributed by atoms with Gasteiger partial charge in [-0.1, -0.05) is 25.0 Å². The van der Waals surface area contributed by atoms with Gasteiger partial charge in [-0.25, -0.2) is 9.78 Å². The molecule has 2 aliphatic rings. The van der Waals surface area contributed by atoms with Gasteiger partial charge in [0.25, 0.3) is 5.91 Å². The van der Waals surface area contributed by atoms with E-state index in [0.29, 0.717) is 11.5 Å². The Morgan fingerprint density at radius 1 is 1.00 bits per heavy atom. The van der Waals surface area contributed by atoms with Crippen molar-refractivity contribution in [1.82, 2.24) is 24.4 Å². The molecule has 224 valence electrons. The number of halogens is 1. The van der Waals surface area contributed by atoms with Crippen molar-refractivity contribution in [3.63, 3.8) is 0 Å². The minimum atomic E-state index is -0.989. The third-order valence-electron chi connectivity index (χ3n) is 9.55. The first-order chi connectivity index (χ1) is 21.2. The second kappa shape index (κ2) is 11.0. The molecule has 5 aromatic rings. The molecule has 44 heavy (non-hydrogen) atoms.